The number of anilines is 1. The van der Waals surface area contributed by atoms with E-state index in [-0.39, 0.29) is 12.0 Å². The van der Waals surface area contributed by atoms with Gasteiger partial charge in [-0.05, 0) is 29.1 Å². The van der Waals surface area contributed by atoms with E-state index >= 15 is 0 Å². The Labute approximate surface area is 222 Å². The first kappa shape index (κ1) is 25.6. The van der Waals surface area contributed by atoms with Gasteiger partial charge in [0.25, 0.3) is 5.91 Å². The van der Waals surface area contributed by atoms with Gasteiger partial charge in [-0.2, -0.15) is 11.3 Å². The molecule has 194 valence electrons. The number of aromatic nitrogens is 1. The number of hydrogen-bond acceptors (Lipinski definition) is 7. The third-order valence-electron chi connectivity index (χ3n) is 6.78. The van der Waals surface area contributed by atoms with Gasteiger partial charge < -0.3 is 19.3 Å². The average molecular weight is 519 g/mol. The van der Waals surface area contributed by atoms with E-state index in [0.717, 1.165) is 30.9 Å². The maximum Gasteiger partial charge on any atom is 0.257 e. The minimum atomic E-state index is -0.0409. The highest BCUT2D eigenvalue weighted by molar-refractivity contribution is 7.08. The number of benzene rings is 1. The second kappa shape index (κ2) is 12.5. The summed E-state index contributed by atoms with van der Waals surface area (Å²) in [5, 5.41) is 4.12. The Morgan fingerprint density at radius 2 is 1.95 bits per heavy atom. The van der Waals surface area contributed by atoms with Crippen LogP contribution in [0.1, 0.15) is 15.9 Å². The molecule has 0 saturated carbocycles. The predicted octanol–water partition coefficient (Wildman–Crippen LogP) is 4.13. The molecule has 37 heavy (non-hydrogen) atoms. The summed E-state index contributed by atoms with van der Waals surface area (Å²) in [4.78, 5) is 25.0. The zero-order chi connectivity index (χ0) is 25.5. The maximum absolute atomic E-state index is 13.7. The average Bonchev–Trinajstić information content (AvgIpc) is 3.49. The van der Waals surface area contributed by atoms with Crippen molar-refractivity contribution in [1.29, 1.82) is 0 Å². The fourth-order valence-corrected chi connectivity index (χ4v) is 5.37. The molecule has 2 saturated heterocycles. The Morgan fingerprint density at radius 3 is 2.68 bits per heavy atom. The Hall–Kier alpha value is -3.04. The molecular weight excluding hydrogens is 484 g/mol. The number of rotatable bonds is 8. The molecule has 2 fully saturated rings. The minimum absolute atomic E-state index is 0.0338. The highest BCUT2D eigenvalue weighted by Crippen LogP contribution is 2.27. The van der Waals surface area contributed by atoms with Gasteiger partial charge in [-0.3, -0.25) is 9.69 Å². The molecule has 1 atom stereocenters. The topological polar surface area (TPSA) is 58.1 Å². The van der Waals surface area contributed by atoms with Crippen molar-refractivity contribution in [3.05, 3.63) is 76.5 Å². The van der Waals surface area contributed by atoms with Crippen LogP contribution >= 0.6 is 11.3 Å². The Morgan fingerprint density at radius 1 is 1.11 bits per heavy atom. The lowest BCUT2D eigenvalue weighted by molar-refractivity contribution is -0.0837. The van der Waals surface area contributed by atoms with Crippen molar-refractivity contribution in [2.75, 3.05) is 71.0 Å². The van der Waals surface area contributed by atoms with Gasteiger partial charge in [0.05, 0.1) is 37.2 Å². The van der Waals surface area contributed by atoms with Crippen LogP contribution in [-0.4, -0.2) is 92.9 Å². The molecule has 1 aromatic carbocycles. The molecule has 7 nitrogen and oxygen atoms in total. The van der Waals surface area contributed by atoms with Crippen LogP contribution in [-0.2, 0) is 9.47 Å². The molecule has 0 spiro atoms. The van der Waals surface area contributed by atoms with Crippen LogP contribution in [0.2, 0.25) is 0 Å². The van der Waals surface area contributed by atoms with Gasteiger partial charge in [-0.1, -0.05) is 42.5 Å². The van der Waals surface area contributed by atoms with E-state index in [9.17, 15) is 4.79 Å². The molecule has 1 amide bonds. The Balaban J connectivity index is 1.26. The van der Waals surface area contributed by atoms with Crippen molar-refractivity contribution in [2.45, 2.75) is 6.10 Å². The van der Waals surface area contributed by atoms with Gasteiger partial charge in [-0.15, -0.1) is 0 Å². The fourth-order valence-electron chi connectivity index (χ4n) is 4.72. The first-order valence-corrected chi connectivity index (χ1v) is 13.8. The van der Waals surface area contributed by atoms with Gasteiger partial charge >= 0.3 is 0 Å². The summed E-state index contributed by atoms with van der Waals surface area (Å²) in [6, 6.07) is 16.3. The van der Waals surface area contributed by atoms with Crippen molar-refractivity contribution in [2.24, 2.45) is 0 Å². The van der Waals surface area contributed by atoms with Crippen molar-refractivity contribution in [3.63, 3.8) is 0 Å². The van der Waals surface area contributed by atoms with Crippen LogP contribution in [0.3, 0.4) is 0 Å². The van der Waals surface area contributed by atoms with Crippen LogP contribution in [0.5, 0.6) is 0 Å². The highest BCUT2D eigenvalue weighted by atomic mass is 32.1. The molecule has 4 heterocycles. The molecule has 8 heteroatoms. The molecule has 5 rings (SSSR count). The standard InChI is InChI=1S/C29H34N4O3S/c1-31(20-25-21-35-17-18-36-25)28-26(9-10-27(30-28)24-11-19-37-22-24)29(34)33-15-13-32(14-16-33)12-5-8-23-6-3-2-4-7-23/h2-11,19,22,25H,12-18,20-21H2,1H3/b8-5+/t25-/m1/s1. The fraction of sp³-hybridized carbons (Fsp3) is 0.379. The van der Waals surface area contributed by atoms with E-state index in [1.54, 1.807) is 11.3 Å². The van der Waals surface area contributed by atoms with Gasteiger partial charge in [0.1, 0.15) is 5.82 Å². The summed E-state index contributed by atoms with van der Waals surface area (Å²) in [7, 11) is 1.98. The molecule has 0 unspecified atom stereocenters. The van der Waals surface area contributed by atoms with Crippen molar-refractivity contribution >= 4 is 29.1 Å². The van der Waals surface area contributed by atoms with Crippen LogP contribution in [0.15, 0.2) is 65.4 Å². The second-order valence-corrected chi connectivity index (χ2v) is 10.2. The summed E-state index contributed by atoms with van der Waals surface area (Å²) < 4.78 is 11.4. The van der Waals surface area contributed by atoms with Gasteiger partial charge in [0.2, 0.25) is 0 Å². The normalized spacial score (nSPS) is 18.8. The highest BCUT2D eigenvalue weighted by Gasteiger charge is 2.27. The third kappa shape index (κ3) is 6.64. The van der Waals surface area contributed by atoms with E-state index < -0.39 is 0 Å². The zero-order valence-corrected chi connectivity index (χ0v) is 22.1. The van der Waals surface area contributed by atoms with Crippen LogP contribution in [0.25, 0.3) is 17.3 Å². The summed E-state index contributed by atoms with van der Waals surface area (Å²) in [5.41, 5.74) is 3.77. The molecular formula is C29H34N4O3S. The number of nitrogens with zero attached hydrogens (tertiary/aromatic N) is 4. The van der Waals surface area contributed by atoms with Crippen molar-refractivity contribution < 1.29 is 14.3 Å². The lowest BCUT2D eigenvalue weighted by atomic mass is 10.1. The van der Waals surface area contributed by atoms with Gasteiger partial charge in [-0.25, -0.2) is 4.98 Å². The molecule has 2 aromatic heterocycles. The molecule has 0 aliphatic carbocycles. The largest absolute Gasteiger partial charge is 0.376 e. The smallest absolute Gasteiger partial charge is 0.257 e. The lowest BCUT2D eigenvalue weighted by Crippen LogP contribution is -2.49. The number of hydrogen-bond donors (Lipinski definition) is 0. The summed E-state index contributed by atoms with van der Waals surface area (Å²) in [6.07, 6.45) is 4.31. The van der Waals surface area contributed by atoms with Crippen molar-refractivity contribution in [1.82, 2.24) is 14.8 Å². The van der Waals surface area contributed by atoms with E-state index in [0.29, 0.717) is 50.8 Å². The van der Waals surface area contributed by atoms with E-state index in [1.165, 1.54) is 5.56 Å². The Bertz CT molecular complexity index is 1170. The van der Waals surface area contributed by atoms with E-state index in [2.05, 4.69) is 40.6 Å². The molecule has 2 aliphatic rings. The summed E-state index contributed by atoms with van der Waals surface area (Å²) >= 11 is 1.64. The van der Waals surface area contributed by atoms with Crippen LogP contribution in [0.4, 0.5) is 5.82 Å². The number of amides is 1. The first-order valence-electron chi connectivity index (χ1n) is 12.8. The number of thiophene rings is 1. The van der Waals surface area contributed by atoms with Gasteiger partial charge in [0, 0.05) is 57.3 Å². The molecule has 0 radical (unpaired) electrons. The summed E-state index contributed by atoms with van der Waals surface area (Å²) in [5.74, 6) is 0.725. The number of piperazine rings is 1. The van der Waals surface area contributed by atoms with Crippen LogP contribution < -0.4 is 4.90 Å². The third-order valence-corrected chi connectivity index (χ3v) is 7.46. The van der Waals surface area contributed by atoms with Crippen LogP contribution in [0, 0.1) is 0 Å². The van der Waals surface area contributed by atoms with E-state index in [4.69, 9.17) is 14.5 Å². The quantitative estimate of drug-likeness (QED) is 0.447. The van der Waals surface area contributed by atoms with Crippen molar-refractivity contribution in [3.8, 4) is 11.3 Å². The first-order chi connectivity index (χ1) is 18.2. The zero-order valence-electron chi connectivity index (χ0n) is 21.3. The number of ether oxygens (including phenoxy) is 2. The molecule has 3 aromatic rings. The SMILES string of the molecule is CN(C[C@@H]1COCCO1)c1nc(-c2ccsc2)ccc1C(=O)N1CCN(C/C=C/c2ccccc2)CC1. The maximum atomic E-state index is 13.7. The number of carbonyl (C=O) groups excluding carboxylic acids is 1. The number of likely N-dealkylation sites (N-methyl/N-ethyl adjacent to an activating group) is 1. The number of pyridine rings is 1. The number of carbonyl (C=O) groups is 1. The lowest BCUT2D eigenvalue weighted by Gasteiger charge is -2.35. The molecule has 2 aliphatic heterocycles. The second-order valence-electron chi connectivity index (χ2n) is 9.43. The molecule has 0 N–H and O–H groups in total. The summed E-state index contributed by atoms with van der Waals surface area (Å²) in [6.45, 7) is 6.38. The van der Waals surface area contributed by atoms with Gasteiger partial charge in [0.15, 0.2) is 0 Å². The minimum Gasteiger partial charge on any atom is -0.376 e. The Kier molecular flexibility index (Phi) is 8.63. The molecule has 0 bridgehead atoms. The monoisotopic (exact) mass is 518 g/mol. The van der Waals surface area contributed by atoms with E-state index in [1.807, 2.05) is 52.6 Å². The predicted molar refractivity (Wildman–Crippen MR) is 149 cm³/mol.